The number of allylic oxidation sites excluding steroid dienone is 1. The van der Waals surface area contributed by atoms with Gasteiger partial charge in [0, 0.05) is 11.3 Å². The van der Waals surface area contributed by atoms with Crippen LogP contribution in [0.3, 0.4) is 0 Å². The number of ketones is 1. The van der Waals surface area contributed by atoms with Crippen LogP contribution < -0.4 is 10.1 Å². The van der Waals surface area contributed by atoms with Gasteiger partial charge in [-0.3, -0.25) is 9.59 Å². The van der Waals surface area contributed by atoms with Crippen molar-refractivity contribution in [3.63, 3.8) is 0 Å². The minimum absolute atomic E-state index is 0.137. The van der Waals surface area contributed by atoms with E-state index in [-0.39, 0.29) is 24.1 Å². The van der Waals surface area contributed by atoms with Crippen LogP contribution in [0, 0.1) is 5.82 Å². The van der Waals surface area contributed by atoms with E-state index in [4.69, 9.17) is 4.74 Å². The first-order valence-electron chi connectivity index (χ1n) is 8.66. The van der Waals surface area contributed by atoms with Gasteiger partial charge >= 0.3 is 0 Å². The monoisotopic (exact) mass is 375 g/mol. The number of hydrogen-bond acceptors (Lipinski definition) is 3. The van der Waals surface area contributed by atoms with E-state index >= 15 is 0 Å². The summed E-state index contributed by atoms with van der Waals surface area (Å²) in [5.74, 6) is -0.358. The fourth-order valence-electron chi connectivity index (χ4n) is 2.46. The fourth-order valence-corrected chi connectivity index (χ4v) is 2.46. The molecule has 3 aromatic rings. The summed E-state index contributed by atoms with van der Waals surface area (Å²) in [7, 11) is 0. The zero-order valence-electron chi connectivity index (χ0n) is 15.0. The molecule has 3 aromatic carbocycles. The molecule has 0 fully saturated rings. The van der Waals surface area contributed by atoms with Gasteiger partial charge in [-0.05, 0) is 60.2 Å². The molecule has 0 atom stereocenters. The van der Waals surface area contributed by atoms with Crippen LogP contribution >= 0.6 is 0 Å². The van der Waals surface area contributed by atoms with Crippen molar-refractivity contribution in [3.05, 3.63) is 102 Å². The molecule has 1 amide bonds. The minimum Gasteiger partial charge on any atom is -0.484 e. The molecule has 0 aliphatic rings. The molecular formula is C23H18FNO3. The predicted molar refractivity (Wildman–Crippen MR) is 107 cm³/mol. The number of carbonyl (C=O) groups is 2. The second kappa shape index (κ2) is 9.28. The lowest BCUT2D eigenvalue weighted by Crippen LogP contribution is -2.20. The van der Waals surface area contributed by atoms with Crippen LogP contribution in [-0.4, -0.2) is 18.3 Å². The quantitative estimate of drug-likeness (QED) is 0.479. The van der Waals surface area contributed by atoms with E-state index in [1.807, 2.05) is 18.2 Å². The number of carbonyl (C=O) groups excluding carboxylic acids is 2. The number of benzene rings is 3. The summed E-state index contributed by atoms with van der Waals surface area (Å²) >= 11 is 0. The van der Waals surface area contributed by atoms with Crippen molar-refractivity contribution in [2.45, 2.75) is 0 Å². The van der Waals surface area contributed by atoms with E-state index in [9.17, 15) is 14.0 Å². The summed E-state index contributed by atoms with van der Waals surface area (Å²) in [6.07, 6.45) is 2.95. The van der Waals surface area contributed by atoms with E-state index in [0.29, 0.717) is 22.6 Å². The zero-order chi connectivity index (χ0) is 19.8. The lowest BCUT2D eigenvalue weighted by atomic mass is 10.1. The topological polar surface area (TPSA) is 55.4 Å². The molecule has 0 aliphatic heterocycles. The number of rotatable bonds is 7. The summed E-state index contributed by atoms with van der Waals surface area (Å²) in [5.41, 5.74) is 1.77. The minimum atomic E-state index is -0.354. The standard InChI is InChI=1S/C23H18FNO3/c24-19-6-4-5-17(15-19)9-14-22(26)18-10-12-21(13-11-18)28-16-23(27)25-20-7-2-1-3-8-20/h1-15H,16H2,(H,25,27)/b14-9+. The van der Waals surface area contributed by atoms with E-state index in [2.05, 4.69) is 5.32 Å². The van der Waals surface area contributed by atoms with Gasteiger partial charge in [-0.2, -0.15) is 0 Å². The Balaban J connectivity index is 1.52. The van der Waals surface area contributed by atoms with Gasteiger partial charge < -0.3 is 10.1 Å². The predicted octanol–water partition coefficient (Wildman–Crippen LogP) is 4.74. The van der Waals surface area contributed by atoms with Crippen LogP contribution in [0.25, 0.3) is 6.08 Å². The molecule has 5 heteroatoms. The van der Waals surface area contributed by atoms with Gasteiger partial charge in [-0.1, -0.05) is 36.4 Å². The first-order chi connectivity index (χ1) is 13.6. The molecule has 140 valence electrons. The Bertz CT molecular complexity index is 982. The van der Waals surface area contributed by atoms with E-state index < -0.39 is 0 Å². The second-order valence-corrected chi connectivity index (χ2v) is 5.98. The lowest BCUT2D eigenvalue weighted by molar-refractivity contribution is -0.118. The van der Waals surface area contributed by atoms with Crippen LogP contribution in [0.5, 0.6) is 5.75 Å². The molecule has 0 aliphatic carbocycles. The first kappa shape index (κ1) is 19.0. The number of para-hydroxylation sites is 1. The largest absolute Gasteiger partial charge is 0.484 e. The van der Waals surface area contributed by atoms with Crippen LogP contribution in [-0.2, 0) is 4.79 Å². The molecule has 3 rings (SSSR count). The van der Waals surface area contributed by atoms with Gasteiger partial charge in [0.2, 0.25) is 0 Å². The third-order valence-electron chi connectivity index (χ3n) is 3.84. The molecule has 0 heterocycles. The Labute approximate surface area is 162 Å². The molecule has 0 unspecified atom stereocenters. The van der Waals surface area contributed by atoms with Crippen molar-refractivity contribution in [2.24, 2.45) is 0 Å². The van der Waals surface area contributed by atoms with Crippen LogP contribution in [0.1, 0.15) is 15.9 Å². The van der Waals surface area contributed by atoms with Crippen molar-refractivity contribution in [2.75, 3.05) is 11.9 Å². The maximum absolute atomic E-state index is 13.1. The Morgan fingerprint density at radius 2 is 1.68 bits per heavy atom. The number of nitrogens with one attached hydrogen (secondary N) is 1. The number of halogens is 1. The fraction of sp³-hybridized carbons (Fsp3) is 0.0435. The lowest BCUT2D eigenvalue weighted by Gasteiger charge is -2.07. The van der Waals surface area contributed by atoms with Gasteiger partial charge in [0.25, 0.3) is 5.91 Å². The Morgan fingerprint density at radius 3 is 2.39 bits per heavy atom. The van der Waals surface area contributed by atoms with E-state index in [1.165, 1.54) is 18.2 Å². The molecule has 0 aromatic heterocycles. The molecule has 1 N–H and O–H groups in total. The molecule has 0 saturated carbocycles. The smallest absolute Gasteiger partial charge is 0.262 e. The van der Waals surface area contributed by atoms with Crippen LogP contribution in [0.2, 0.25) is 0 Å². The normalized spacial score (nSPS) is 10.6. The Kier molecular flexibility index (Phi) is 6.31. The maximum Gasteiger partial charge on any atom is 0.262 e. The summed E-state index contributed by atoms with van der Waals surface area (Å²) in [5, 5.41) is 2.72. The Hall–Kier alpha value is -3.73. The zero-order valence-corrected chi connectivity index (χ0v) is 15.0. The first-order valence-corrected chi connectivity index (χ1v) is 8.66. The highest BCUT2D eigenvalue weighted by Crippen LogP contribution is 2.14. The number of amides is 1. The molecule has 0 spiro atoms. The van der Waals surface area contributed by atoms with Gasteiger partial charge in [-0.15, -0.1) is 0 Å². The molecule has 0 saturated heterocycles. The third kappa shape index (κ3) is 5.64. The van der Waals surface area contributed by atoms with Gasteiger partial charge in [0.05, 0.1) is 0 Å². The highest BCUT2D eigenvalue weighted by molar-refractivity contribution is 6.06. The summed E-state index contributed by atoms with van der Waals surface area (Å²) in [6, 6.07) is 21.6. The molecular weight excluding hydrogens is 357 g/mol. The van der Waals surface area contributed by atoms with Crippen molar-refractivity contribution in [3.8, 4) is 5.75 Å². The van der Waals surface area contributed by atoms with Crippen molar-refractivity contribution < 1.29 is 18.7 Å². The number of ether oxygens (including phenoxy) is 1. The van der Waals surface area contributed by atoms with Gasteiger partial charge in [0.15, 0.2) is 12.4 Å². The highest BCUT2D eigenvalue weighted by atomic mass is 19.1. The van der Waals surface area contributed by atoms with Gasteiger partial charge in [-0.25, -0.2) is 4.39 Å². The Morgan fingerprint density at radius 1 is 0.929 bits per heavy atom. The van der Waals surface area contributed by atoms with Crippen molar-refractivity contribution in [1.82, 2.24) is 0 Å². The van der Waals surface area contributed by atoms with Crippen molar-refractivity contribution in [1.29, 1.82) is 0 Å². The summed E-state index contributed by atoms with van der Waals surface area (Å²) in [4.78, 5) is 24.1. The third-order valence-corrected chi connectivity index (χ3v) is 3.84. The average molecular weight is 375 g/mol. The number of anilines is 1. The molecule has 4 nitrogen and oxygen atoms in total. The van der Waals surface area contributed by atoms with Crippen molar-refractivity contribution >= 4 is 23.5 Å². The number of hydrogen-bond donors (Lipinski definition) is 1. The molecule has 28 heavy (non-hydrogen) atoms. The molecule has 0 radical (unpaired) electrons. The van der Waals surface area contributed by atoms with Gasteiger partial charge in [0.1, 0.15) is 11.6 Å². The molecule has 0 bridgehead atoms. The van der Waals surface area contributed by atoms with E-state index in [1.54, 1.807) is 54.6 Å². The summed E-state index contributed by atoms with van der Waals surface area (Å²) < 4.78 is 18.6. The summed E-state index contributed by atoms with van der Waals surface area (Å²) in [6.45, 7) is -0.137. The SMILES string of the molecule is O=C(COc1ccc(C(=O)/C=C/c2cccc(F)c2)cc1)Nc1ccccc1. The highest BCUT2D eigenvalue weighted by Gasteiger charge is 2.05. The second-order valence-electron chi connectivity index (χ2n) is 5.98. The van der Waals surface area contributed by atoms with Crippen LogP contribution in [0.4, 0.5) is 10.1 Å². The average Bonchev–Trinajstić information content (AvgIpc) is 2.72. The van der Waals surface area contributed by atoms with E-state index in [0.717, 1.165) is 0 Å². The maximum atomic E-state index is 13.1. The van der Waals surface area contributed by atoms with Crippen LogP contribution in [0.15, 0.2) is 84.9 Å².